The Bertz CT molecular complexity index is 890. The van der Waals surface area contributed by atoms with Crippen molar-refractivity contribution in [1.29, 1.82) is 0 Å². The first-order valence-corrected chi connectivity index (χ1v) is 10.5. The number of carbonyl (C=O) groups excluding carboxylic acids is 2. The van der Waals surface area contributed by atoms with Crippen LogP contribution in [-0.2, 0) is 17.8 Å². The van der Waals surface area contributed by atoms with Gasteiger partial charge in [0.15, 0.2) is 5.78 Å². The number of halogens is 1. The molecule has 1 amide bonds. The molecule has 0 atom stereocenters. The molecule has 3 heterocycles. The first kappa shape index (κ1) is 19.1. The number of hydrogen-bond acceptors (Lipinski definition) is 5. The normalized spacial score (nSPS) is 17.5. The smallest absolute Gasteiger partial charge is 0.236 e. The van der Waals surface area contributed by atoms with E-state index in [1.165, 1.54) is 23.4 Å². The van der Waals surface area contributed by atoms with Gasteiger partial charge in [0, 0.05) is 49.7 Å². The van der Waals surface area contributed by atoms with E-state index in [9.17, 15) is 14.0 Å². The maximum atomic E-state index is 14.4. The number of nitrogens with zero attached hydrogens (tertiary/aromatic N) is 3. The summed E-state index contributed by atoms with van der Waals surface area (Å²) in [4.78, 5) is 31.6. The maximum absolute atomic E-state index is 14.4. The third-order valence-corrected chi connectivity index (χ3v) is 6.60. The molecule has 4 rings (SSSR count). The number of carbonyl (C=O) groups is 2. The van der Waals surface area contributed by atoms with Gasteiger partial charge in [0.2, 0.25) is 5.91 Å². The molecule has 5 nitrogen and oxygen atoms in total. The minimum atomic E-state index is -0.382. The zero-order chi connectivity index (χ0) is 19.7. The van der Waals surface area contributed by atoms with Crippen molar-refractivity contribution < 1.29 is 14.0 Å². The van der Waals surface area contributed by atoms with E-state index in [2.05, 4.69) is 16.3 Å². The molecule has 2 aliphatic rings. The third-order valence-electron chi connectivity index (χ3n) is 5.57. The van der Waals surface area contributed by atoms with Crippen LogP contribution in [0, 0.1) is 5.82 Å². The standard InChI is InChI=1S/C21H24FN3O2S/c1-15(26)16-2-3-19(18(22)12-16)24-7-9-25(10-8-24)21(27)14-23-6-4-20-17(13-23)5-11-28-20/h2-3,5,11-12H,4,6-10,13-14H2,1H3. The van der Waals surface area contributed by atoms with E-state index in [0.717, 1.165) is 19.5 Å². The lowest BCUT2D eigenvalue weighted by Gasteiger charge is -2.37. The van der Waals surface area contributed by atoms with Gasteiger partial charge in [-0.1, -0.05) is 0 Å². The molecule has 7 heteroatoms. The fourth-order valence-electron chi connectivity index (χ4n) is 3.91. The zero-order valence-corrected chi connectivity index (χ0v) is 16.8. The lowest BCUT2D eigenvalue weighted by molar-refractivity contribution is -0.132. The summed E-state index contributed by atoms with van der Waals surface area (Å²) in [6.07, 6.45) is 1.02. The molecule has 0 radical (unpaired) electrons. The van der Waals surface area contributed by atoms with Crippen molar-refractivity contribution in [3.8, 4) is 0 Å². The van der Waals surface area contributed by atoms with Gasteiger partial charge in [-0.15, -0.1) is 11.3 Å². The van der Waals surface area contributed by atoms with Crippen molar-refractivity contribution in [2.24, 2.45) is 0 Å². The molecule has 0 saturated carbocycles. The van der Waals surface area contributed by atoms with E-state index in [4.69, 9.17) is 0 Å². The van der Waals surface area contributed by atoms with Gasteiger partial charge in [-0.05, 0) is 48.6 Å². The number of Topliss-reactive ketones (excluding diaryl/α,β-unsaturated/α-hetero) is 1. The Morgan fingerprint density at radius 2 is 1.89 bits per heavy atom. The molecule has 1 fully saturated rings. The van der Waals surface area contributed by atoms with Gasteiger partial charge >= 0.3 is 0 Å². The summed E-state index contributed by atoms with van der Waals surface area (Å²) in [6.45, 7) is 6.00. The van der Waals surface area contributed by atoms with Crippen LogP contribution >= 0.6 is 11.3 Å². The lowest BCUT2D eigenvalue weighted by Crippen LogP contribution is -2.51. The molecule has 148 valence electrons. The summed E-state index contributed by atoms with van der Waals surface area (Å²) in [5.41, 5.74) is 2.22. The Kier molecular flexibility index (Phi) is 5.46. The minimum absolute atomic E-state index is 0.144. The second-order valence-electron chi connectivity index (χ2n) is 7.42. The molecule has 1 saturated heterocycles. The van der Waals surface area contributed by atoms with Crippen LogP contribution in [0.2, 0.25) is 0 Å². The zero-order valence-electron chi connectivity index (χ0n) is 16.0. The van der Waals surface area contributed by atoms with Crippen molar-refractivity contribution in [3.05, 3.63) is 51.5 Å². The van der Waals surface area contributed by atoms with Crippen LogP contribution in [-0.4, -0.2) is 60.8 Å². The number of thiophene rings is 1. The average molecular weight is 402 g/mol. The SMILES string of the molecule is CC(=O)c1ccc(N2CCN(C(=O)CN3CCc4sccc4C3)CC2)c(F)c1. The highest BCUT2D eigenvalue weighted by Gasteiger charge is 2.26. The maximum Gasteiger partial charge on any atom is 0.236 e. The van der Waals surface area contributed by atoms with Crippen molar-refractivity contribution in [1.82, 2.24) is 9.80 Å². The molecule has 0 bridgehead atoms. The number of benzene rings is 1. The Balaban J connectivity index is 1.32. The Hall–Kier alpha value is -2.25. The number of piperazine rings is 1. The monoisotopic (exact) mass is 401 g/mol. The second-order valence-corrected chi connectivity index (χ2v) is 8.42. The van der Waals surface area contributed by atoms with Gasteiger partial charge in [-0.3, -0.25) is 14.5 Å². The number of amides is 1. The summed E-state index contributed by atoms with van der Waals surface area (Å²) in [7, 11) is 0. The molecule has 1 aromatic carbocycles. The highest BCUT2D eigenvalue weighted by atomic mass is 32.1. The second kappa shape index (κ2) is 8.01. The lowest BCUT2D eigenvalue weighted by atomic mass is 10.1. The van der Waals surface area contributed by atoms with E-state index in [-0.39, 0.29) is 17.5 Å². The number of ketones is 1. The Labute approximate surface area is 168 Å². The summed E-state index contributed by atoms with van der Waals surface area (Å²) >= 11 is 1.80. The number of hydrogen-bond donors (Lipinski definition) is 0. The van der Waals surface area contributed by atoms with Crippen LogP contribution in [0.25, 0.3) is 0 Å². The number of fused-ring (bicyclic) bond motifs is 1. The highest BCUT2D eigenvalue weighted by Crippen LogP contribution is 2.25. The molecule has 0 N–H and O–H groups in total. The van der Waals surface area contributed by atoms with Gasteiger partial charge in [-0.2, -0.15) is 0 Å². The molecular formula is C21H24FN3O2S. The molecule has 1 aromatic heterocycles. The van der Waals surface area contributed by atoms with Crippen LogP contribution in [0.15, 0.2) is 29.6 Å². The van der Waals surface area contributed by atoms with Crippen LogP contribution in [0.1, 0.15) is 27.7 Å². The first-order valence-electron chi connectivity index (χ1n) is 9.62. The highest BCUT2D eigenvalue weighted by molar-refractivity contribution is 7.10. The third kappa shape index (κ3) is 3.95. The van der Waals surface area contributed by atoms with E-state index in [1.807, 2.05) is 9.80 Å². The van der Waals surface area contributed by atoms with Crippen molar-refractivity contribution in [3.63, 3.8) is 0 Å². The van der Waals surface area contributed by atoms with Crippen molar-refractivity contribution in [2.75, 3.05) is 44.2 Å². The average Bonchev–Trinajstić information content (AvgIpc) is 3.16. The van der Waals surface area contributed by atoms with Gasteiger partial charge in [0.1, 0.15) is 5.82 Å². The molecule has 0 spiro atoms. The summed E-state index contributed by atoms with van der Waals surface area (Å²) in [5.74, 6) is -0.383. The molecule has 0 unspecified atom stereocenters. The molecule has 2 aromatic rings. The van der Waals surface area contributed by atoms with E-state index < -0.39 is 0 Å². The van der Waals surface area contributed by atoms with Gasteiger partial charge in [0.25, 0.3) is 0 Å². The predicted octanol–water partition coefficient (Wildman–Crippen LogP) is 2.80. The fourth-order valence-corrected chi connectivity index (χ4v) is 4.80. The van der Waals surface area contributed by atoms with Crippen molar-refractivity contribution in [2.45, 2.75) is 19.9 Å². The molecular weight excluding hydrogens is 377 g/mol. The number of anilines is 1. The van der Waals surface area contributed by atoms with Gasteiger partial charge in [-0.25, -0.2) is 4.39 Å². The van der Waals surface area contributed by atoms with Crippen molar-refractivity contribution >= 4 is 28.7 Å². The minimum Gasteiger partial charge on any atom is -0.366 e. The van der Waals surface area contributed by atoms with Crippen LogP contribution in [0.4, 0.5) is 10.1 Å². The van der Waals surface area contributed by atoms with E-state index >= 15 is 0 Å². The largest absolute Gasteiger partial charge is 0.366 e. The quantitative estimate of drug-likeness (QED) is 0.739. The summed E-state index contributed by atoms with van der Waals surface area (Å²) in [5, 5.41) is 2.12. The molecule has 0 aliphatic carbocycles. The van der Waals surface area contributed by atoms with Gasteiger partial charge < -0.3 is 9.80 Å². The van der Waals surface area contributed by atoms with Crippen LogP contribution in [0.5, 0.6) is 0 Å². The molecule has 2 aliphatic heterocycles. The number of rotatable bonds is 4. The Morgan fingerprint density at radius 3 is 2.61 bits per heavy atom. The van der Waals surface area contributed by atoms with E-state index in [0.29, 0.717) is 44.0 Å². The van der Waals surface area contributed by atoms with Gasteiger partial charge in [0.05, 0.1) is 12.2 Å². The first-order chi connectivity index (χ1) is 13.5. The van der Waals surface area contributed by atoms with E-state index in [1.54, 1.807) is 23.5 Å². The summed E-state index contributed by atoms with van der Waals surface area (Å²) < 4.78 is 14.4. The molecule has 28 heavy (non-hydrogen) atoms. The predicted molar refractivity (Wildman–Crippen MR) is 108 cm³/mol. The van der Waals surface area contributed by atoms with Crippen LogP contribution < -0.4 is 4.90 Å². The fraction of sp³-hybridized carbons (Fsp3) is 0.429. The topological polar surface area (TPSA) is 43.9 Å². The Morgan fingerprint density at radius 1 is 1.11 bits per heavy atom. The summed E-state index contributed by atoms with van der Waals surface area (Å²) in [6, 6.07) is 6.77. The van der Waals surface area contributed by atoms with Crippen LogP contribution in [0.3, 0.4) is 0 Å².